The molecule has 1 N–H and O–H groups in total. The highest BCUT2D eigenvalue weighted by atomic mass is 19.1. The third-order valence-electron chi connectivity index (χ3n) is 9.21. The molecule has 5 heterocycles. The van der Waals surface area contributed by atoms with Crippen molar-refractivity contribution in [3.63, 3.8) is 0 Å². The lowest BCUT2D eigenvalue weighted by atomic mass is 9.94. The number of hydrogen-bond donors (Lipinski definition) is 1. The number of halogens is 1. The number of nitrogens with zero attached hydrogens (tertiary/aromatic N) is 5. The van der Waals surface area contributed by atoms with Crippen LogP contribution in [0.1, 0.15) is 54.2 Å². The van der Waals surface area contributed by atoms with Gasteiger partial charge in [0.25, 0.3) is 5.91 Å². The van der Waals surface area contributed by atoms with E-state index in [0.717, 1.165) is 38.8 Å². The van der Waals surface area contributed by atoms with E-state index in [4.69, 9.17) is 19.4 Å². The first-order valence-corrected chi connectivity index (χ1v) is 14.9. The zero-order chi connectivity index (χ0) is 29.0. The highest BCUT2D eigenvalue weighted by Crippen LogP contribution is 2.43. The minimum Gasteiger partial charge on any atom is -0.508 e. The zero-order valence-corrected chi connectivity index (χ0v) is 24.0. The van der Waals surface area contributed by atoms with Gasteiger partial charge >= 0.3 is 6.01 Å². The molecular formula is C32H36FN5O4. The molecule has 0 radical (unpaired) electrons. The highest BCUT2D eigenvalue weighted by molar-refractivity contribution is 6.16. The molecule has 0 aliphatic carbocycles. The smallest absolute Gasteiger partial charge is 0.318 e. The molecule has 0 bridgehead atoms. The van der Waals surface area contributed by atoms with E-state index in [9.17, 15) is 14.3 Å². The maximum atomic E-state index is 14.9. The molecule has 1 aromatic heterocycles. The van der Waals surface area contributed by atoms with Crippen LogP contribution in [0.15, 0.2) is 36.4 Å². The average molecular weight is 574 g/mol. The number of aryl methyl sites for hydroxylation is 1. The standard InChI is InChI=1S/C32H36FN5O4/c1-3-23-24(33)7-6-21-14-22(39)15-26(27(21)23)38-18-25-28(30(38)40)29(36-9-5-12-41-13-11-36)35-31(34-25)42-19-32-8-4-10-37(32)17-20(2)16-32/h6-7,14-15,39H,2-5,8-13,16-19H2,1H3. The molecular weight excluding hydrogens is 537 g/mol. The Bertz CT molecular complexity index is 1590. The molecule has 3 fully saturated rings. The van der Waals surface area contributed by atoms with Crippen molar-refractivity contribution < 1.29 is 23.8 Å². The number of phenolic OH excluding ortho intramolecular Hbond substituents is 1. The van der Waals surface area contributed by atoms with Gasteiger partial charge in [-0.2, -0.15) is 9.97 Å². The summed E-state index contributed by atoms with van der Waals surface area (Å²) in [5.41, 5.74) is 3.09. The van der Waals surface area contributed by atoms with Gasteiger partial charge in [0.2, 0.25) is 0 Å². The van der Waals surface area contributed by atoms with Crippen LogP contribution in [0.3, 0.4) is 0 Å². The average Bonchev–Trinajstić information content (AvgIpc) is 3.51. The van der Waals surface area contributed by atoms with Gasteiger partial charge in [0.05, 0.1) is 30.1 Å². The number of fused-ring (bicyclic) bond motifs is 3. The van der Waals surface area contributed by atoms with Crippen molar-refractivity contribution in [1.82, 2.24) is 14.9 Å². The number of benzene rings is 2. The van der Waals surface area contributed by atoms with Crippen LogP contribution in [0.25, 0.3) is 10.8 Å². The predicted octanol–water partition coefficient (Wildman–Crippen LogP) is 4.60. The largest absolute Gasteiger partial charge is 0.508 e. The second-order valence-electron chi connectivity index (χ2n) is 11.9. The number of carbonyl (C=O) groups is 1. The van der Waals surface area contributed by atoms with Gasteiger partial charge in [-0.05, 0) is 61.7 Å². The Morgan fingerprint density at radius 1 is 1.14 bits per heavy atom. The van der Waals surface area contributed by atoms with Gasteiger partial charge in [-0.15, -0.1) is 0 Å². The van der Waals surface area contributed by atoms with Gasteiger partial charge in [0, 0.05) is 37.7 Å². The van der Waals surface area contributed by atoms with Crippen LogP contribution in [0.5, 0.6) is 11.8 Å². The molecule has 4 aliphatic rings. The van der Waals surface area contributed by atoms with Crippen LogP contribution in [0.2, 0.25) is 0 Å². The number of amides is 1. The van der Waals surface area contributed by atoms with Crippen molar-refractivity contribution in [2.75, 3.05) is 55.8 Å². The Morgan fingerprint density at radius 3 is 2.88 bits per heavy atom. The van der Waals surface area contributed by atoms with Crippen LogP contribution in [-0.4, -0.2) is 77.4 Å². The first-order chi connectivity index (χ1) is 20.4. The van der Waals surface area contributed by atoms with E-state index in [-0.39, 0.29) is 35.6 Å². The number of ether oxygens (including phenoxy) is 2. The van der Waals surface area contributed by atoms with Crippen LogP contribution in [0.4, 0.5) is 15.9 Å². The molecule has 220 valence electrons. The van der Waals surface area contributed by atoms with E-state index in [1.807, 2.05) is 6.92 Å². The number of aromatic nitrogens is 2. The molecule has 2 aromatic carbocycles. The van der Waals surface area contributed by atoms with Crippen LogP contribution < -0.4 is 14.5 Å². The third kappa shape index (κ3) is 4.48. The fraction of sp³-hybridized carbons (Fsp3) is 0.469. The van der Waals surface area contributed by atoms with Gasteiger partial charge in [0.1, 0.15) is 29.6 Å². The summed E-state index contributed by atoms with van der Waals surface area (Å²) >= 11 is 0. The summed E-state index contributed by atoms with van der Waals surface area (Å²) in [6, 6.07) is 6.44. The van der Waals surface area contributed by atoms with Crippen molar-refractivity contribution in [3.8, 4) is 11.8 Å². The minimum atomic E-state index is -0.336. The van der Waals surface area contributed by atoms with Crippen molar-refractivity contribution in [2.24, 2.45) is 0 Å². The van der Waals surface area contributed by atoms with Gasteiger partial charge in [-0.1, -0.05) is 25.1 Å². The minimum absolute atomic E-state index is 0.00781. The summed E-state index contributed by atoms with van der Waals surface area (Å²) in [5, 5.41) is 11.9. The topological polar surface area (TPSA) is 91.3 Å². The summed E-state index contributed by atoms with van der Waals surface area (Å²) in [4.78, 5) is 30.0. The van der Waals surface area contributed by atoms with Crippen LogP contribution in [0, 0.1) is 5.82 Å². The second kappa shape index (κ2) is 10.5. The van der Waals surface area contributed by atoms with Crippen molar-refractivity contribution >= 4 is 28.2 Å². The quantitative estimate of drug-likeness (QED) is 0.428. The van der Waals surface area contributed by atoms with E-state index in [2.05, 4.69) is 16.4 Å². The first-order valence-electron chi connectivity index (χ1n) is 14.9. The SMILES string of the molecule is C=C1CN2CCCC2(COc2nc3c(c(N4CCCOCC4)n2)C(=O)N(c2cc(O)cc4ccc(F)c(CC)c24)C3)C1. The molecule has 9 nitrogen and oxygen atoms in total. The monoisotopic (exact) mass is 573 g/mol. The number of carbonyl (C=O) groups excluding carboxylic acids is 1. The number of anilines is 2. The van der Waals surface area contributed by atoms with E-state index < -0.39 is 0 Å². The Hall–Kier alpha value is -3.76. The highest BCUT2D eigenvalue weighted by Gasteiger charge is 2.47. The Labute approximate surface area is 244 Å². The van der Waals surface area contributed by atoms with E-state index in [1.165, 1.54) is 17.7 Å². The number of phenols is 1. The molecule has 1 amide bonds. The molecule has 1 atom stereocenters. The zero-order valence-electron chi connectivity index (χ0n) is 24.0. The molecule has 3 saturated heterocycles. The maximum Gasteiger partial charge on any atom is 0.318 e. The Balaban J connectivity index is 1.29. The molecule has 42 heavy (non-hydrogen) atoms. The number of rotatable bonds is 6. The molecule has 1 unspecified atom stereocenters. The van der Waals surface area contributed by atoms with E-state index in [0.29, 0.717) is 78.4 Å². The summed E-state index contributed by atoms with van der Waals surface area (Å²) in [7, 11) is 0. The number of hydrogen-bond acceptors (Lipinski definition) is 8. The van der Waals surface area contributed by atoms with Gasteiger partial charge in [0.15, 0.2) is 0 Å². The van der Waals surface area contributed by atoms with Crippen molar-refractivity contribution in [1.29, 1.82) is 0 Å². The van der Waals surface area contributed by atoms with Crippen LogP contribution >= 0.6 is 0 Å². The van der Waals surface area contributed by atoms with Gasteiger partial charge in [-0.25, -0.2) is 4.39 Å². The molecule has 7 rings (SSSR count). The van der Waals surface area contributed by atoms with E-state index in [1.54, 1.807) is 17.0 Å². The van der Waals surface area contributed by atoms with Crippen LogP contribution in [-0.2, 0) is 17.7 Å². The normalized spacial score (nSPS) is 22.6. The third-order valence-corrected chi connectivity index (χ3v) is 9.21. The van der Waals surface area contributed by atoms with Crippen molar-refractivity contribution in [3.05, 3.63) is 59.1 Å². The molecule has 3 aromatic rings. The summed E-state index contributed by atoms with van der Waals surface area (Å²) < 4.78 is 27.0. The Kier molecular flexibility index (Phi) is 6.78. The van der Waals surface area contributed by atoms with Crippen molar-refractivity contribution in [2.45, 2.75) is 51.1 Å². The summed E-state index contributed by atoms with van der Waals surface area (Å²) in [6.07, 6.45) is 4.32. The second-order valence-corrected chi connectivity index (χ2v) is 11.9. The molecule has 0 spiro atoms. The molecule has 4 aliphatic heterocycles. The van der Waals surface area contributed by atoms with E-state index >= 15 is 0 Å². The lowest BCUT2D eigenvalue weighted by molar-refractivity contribution is 0.0996. The lowest BCUT2D eigenvalue weighted by Crippen LogP contribution is -2.43. The summed E-state index contributed by atoms with van der Waals surface area (Å²) in [5.74, 6) is -0.0660. The number of aromatic hydroxyl groups is 1. The fourth-order valence-corrected chi connectivity index (χ4v) is 7.29. The van der Waals surface area contributed by atoms with Gasteiger partial charge in [-0.3, -0.25) is 9.69 Å². The fourth-order valence-electron chi connectivity index (χ4n) is 7.29. The molecule has 0 saturated carbocycles. The predicted molar refractivity (Wildman–Crippen MR) is 158 cm³/mol. The van der Waals surface area contributed by atoms with Gasteiger partial charge < -0.3 is 24.4 Å². The summed E-state index contributed by atoms with van der Waals surface area (Å²) in [6.45, 7) is 11.1. The Morgan fingerprint density at radius 2 is 2.02 bits per heavy atom. The first kappa shape index (κ1) is 27.1. The lowest BCUT2D eigenvalue weighted by Gasteiger charge is -2.31. The maximum absolute atomic E-state index is 14.9. The molecule has 10 heteroatoms.